The molecular formula is C30H26N4. The Morgan fingerprint density at radius 3 is 1.47 bits per heavy atom. The van der Waals surface area contributed by atoms with Gasteiger partial charge in [0.2, 0.25) is 0 Å². The first-order chi connectivity index (χ1) is 16.5. The number of fused-ring (bicyclic) bond motifs is 2. The smallest absolute Gasteiger partial charge is 0.138 e. The summed E-state index contributed by atoms with van der Waals surface area (Å²) in [4.78, 5) is 16.6. The topological polar surface area (TPSA) is 57.4 Å². The summed E-state index contributed by atoms with van der Waals surface area (Å²) >= 11 is 0. The highest BCUT2D eigenvalue weighted by Crippen LogP contribution is 2.29. The fourth-order valence-electron chi connectivity index (χ4n) is 4.39. The Bertz CT molecular complexity index is 1620. The van der Waals surface area contributed by atoms with Crippen molar-refractivity contribution in [3.8, 4) is 33.9 Å². The monoisotopic (exact) mass is 442 g/mol. The number of H-pyrrole nitrogens is 2. The molecule has 0 aliphatic rings. The molecule has 0 aliphatic heterocycles. The van der Waals surface area contributed by atoms with Gasteiger partial charge >= 0.3 is 0 Å². The molecule has 2 aromatic heterocycles. The summed E-state index contributed by atoms with van der Waals surface area (Å²) in [6.07, 6.45) is 0. The average Bonchev–Trinajstić information content (AvgIpc) is 3.48. The molecule has 0 atom stereocenters. The van der Waals surface area contributed by atoms with Crippen molar-refractivity contribution in [3.05, 3.63) is 96.1 Å². The number of aromatic nitrogens is 4. The lowest BCUT2D eigenvalue weighted by Gasteiger charge is -2.05. The number of benzene rings is 4. The SMILES string of the molecule is Cc1ccc(-c2nc3ccc(-c4ccc5nc(-c6ccc(C(C)C)cc6)[nH]c5c4)cc3[nH]2)cc1. The minimum Gasteiger partial charge on any atom is -0.338 e. The second kappa shape index (κ2) is 7.99. The number of nitrogens with one attached hydrogen (secondary N) is 2. The molecule has 166 valence electrons. The molecule has 0 fully saturated rings. The lowest BCUT2D eigenvalue weighted by atomic mass is 10.0. The molecule has 2 heterocycles. The number of nitrogens with zero attached hydrogens (tertiary/aromatic N) is 2. The molecule has 0 saturated heterocycles. The summed E-state index contributed by atoms with van der Waals surface area (Å²) < 4.78 is 0. The van der Waals surface area contributed by atoms with Crippen molar-refractivity contribution in [2.24, 2.45) is 0 Å². The van der Waals surface area contributed by atoms with Gasteiger partial charge in [-0.3, -0.25) is 0 Å². The molecular weight excluding hydrogens is 416 g/mol. The molecule has 0 aliphatic carbocycles. The van der Waals surface area contributed by atoms with Crippen molar-refractivity contribution in [2.45, 2.75) is 26.7 Å². The van der Waals surface area contributed by atoms with Gasteiger partial charge in [-0.25, -0.2) is 9.97 Å². The van der Waals surface area contributed by atoms with Crippen LogP contribution in [0.5, 0.6) is 0 Å². The maximum Gasteiger partial charge on any atom is 0.138 e. The van der Waals surface area contributed by atoms with Crippen LogP contribution in [0.2, 0.25) is 0 Å². The predicted octanol–water partition coefficient (Wildman–Crippen LogP) is 7.87. The average molecular weight is 443 g/mol. The van der Waals surface area contributed by atoms with Crippen LogP contribution in [0.25, 0.3) is 56.0 Å². The fraction of sp³-hybridized carbons (Fsp3) is 0.133. The molecule has 0 spiro atoms. The van der Waals surface area contributed by atoms with E-state index in [0.717, 1.165) is 56.0 Å². The third-order valence-electron chi connectivity index (χ3n) is 6.47. The summed E-state index contributed by atoms with van der Waals surface area (Å²) in [5.41, 5.74) is 11.1. The van der Waals surface area contributed by atoms with Crippen LogP contribution >= 0.6 is 0 Å². The maximum atomic E-state index is 4.81. The first-order valence-electron chi connectivity index (χ1n) is 11.7. The van der Waals surface area contributed by atoms with Crippen molar-refractivity contribution >= 4 is 22.1 Å². The van der Waals surface area contributed by atoms with Crippen LogP contribution in [0.15, 0.2) is 84.9 Å². The van der Waals surface area contributed by atoms with E-state index >= 15 is 0 Å². The van der Waals surface area contributed by atoms with Crippen LogP contribution in [0.1, 0.15) is 30.9 Å². The third-order valence-corrected chi connectivity index (χ3v) is 6.47. The van der Waals surface area contributed by atoms with Gasteiger partial charge in [0.25, 0.3) is 0 Å². The van der Waals surface area contributed by atoms with Crippen molar-refractivity contribution in [1.82, 2.24) is 19.9 Å². The Morgan fingerprint density at radius 1 is 0.559 bits per heavy atom. The van der Waals surface area contributed by atoms with Crippen molar-refractivity contribution in [2.75, 3.05) is 0 Å². The summed E-state index contributed by atoms with van der Waals surface area (Å²) in [6.45, 7) is 6.51. The van der Waals surface area contributed by atoms with Gasteiger partial charge < -0.3 is 9.97 Å². The molecule has 0 radical (unpaired) electrons. The predicted molar refractivity (Wildman–Crippen MR) is 141 cm³/mol. The standard InChI is InChI=1S/C30H26N4/c1-18(2)20-8-10-22(11-9-20)30-32-26-15-13-24(17-28(26)34-30)23-12-14-25-27(16-23)33-29(31-25)21-6-4-19(3)5-7-21/h4-18H,1-3H3,(H,31,33)(H,32,34). The number of imidazole rings is 2. The molecule has 2 N–H and O–H groups in total. The van der Waals surface area contributed by atoms with E-state index in [1.807, 2.05) is 0 Å². The highest BCUT2D eigenvalue weighted by molar-refractivity contribution is 5.88. The van der Waals surface area contributed by atoms with E-state index in [1.165, 1.54) is 11.1 Å². The Labute approximate surface area is 198 Å². The van der Waals surface area contributed by atoms with E-state index in [2.05, 4.69) is 116 Å². The van der Waals surface area contributed by atoms with E-state index in [-0.39, 0.29) is 0 Å². The summed E-state index contributed by atoms with van der Waals surface area (Å²) in [7, 11) is 0. The Hall–Kier alpha value is -4.18. The largest absolute Gasteiger partial charge is 0.338 e. The molecule has 4 nitrogen and oxygen atoms in total. The zero-order valence-corrected chi connectivity index (χ0v) is 19.6. The molecule has 6 aromatic rings. The lowest BCUT2D eigenvalue weighted by molar-refractivity contribution is 0.867. The van der Waals surface area contributed by atoms with E-state index in [4.69, 9.17) is 9.97 Å². The molecule has 34 heavy (non-hydrogen) atoms. The van der Waals surface area contributed by atoms with Crippen LogP contribution < -0.4 is 0 Å². The van der Waals surface area contributed by atoms with Crippen molar-refractivity contribution in [1.29, 1.82) is 0 Å². The highest BCUT2D eigenvalue weighted by Gasteiger charge is 2.10. The van der Waals surface area contributed by atoms with Crippen LogP contribution in [0.4, 0.5) is 0 Å². The summed E-state index contributed by atoms with van der Waals surface area (Å²) in [5.74, 6) is 2.31. The van der Waals surface area contributed by atoms with Gasteiger partial charge in [-0.05, 0) is 53.8 Å². The number of rotatable bonds is 4. The molecule has 0 saturated carbocycles. The normalized spacial score (nSPS) is 11.6. The molecule has 4 heteroatoms. The fourth-order valence-corrected chi connectivity index (χ4v) is 4.39. The number of hydrogen-bond acceptors (Lipinski definition) is 2. The summed E-state index contributed by atoms with van der Waals surface area (Å²) in [5, 5.41) is 0. The van der Waals surface area contributed by atoms with Gasteiger partial charge in [0.15, 0.2) is 0 Å². The second-order valence-electron chi connectivity index (χ2n) is 9.28. The van der Waals surface area contributed by atoms with E-state index in [1.54, 1.807) is 0 Å². The van der Waals surface area contributed by atoms with Gasteiger partial charge in [0, 0.05) is 11.1 Å². The highest BCUT2D eigenvalue weighted by atomic mass is 14.9. The van der Waals surface area contributed by atoms with Crippen LogP contribution in [-0.2, 0) is 0 Å². The number of aryl methyl sites for hydroxylation is 1. The second-order valence-corrected chi connectivity index (χ2v) is 9.28. The maximum absolute atomic E-state index is 4.81. The third kappa shape index (κ3) is 3.67. The lowest BCUT2D eigenvalue weighted by Crippen LogP contribution is -1.87. The Morgan fingerprint density at radius 2 is 1.00 bits per heavy atom. The molecule has 6 rings (SSSR count). The van der Waals surface area contributed by atoms with E-state index < -0.39 is 0 Å². The van der Waals surface area contributed by atoms with Gasteiger partial charge in [0.05, 0.1) is 22.1 Å². The molecule has 0 amide bonds. The van der Waals surface area contributed by atoms with Crippen molar-refractivity contribution in [3.63, 3.8) is 0 Å². The molecule has 0 bridgehead atoms. The van der Waals surface area contributed by atoms with Gasteiger partial charge in [-0.2, -0.15) is 0 Å². The number of hydrogen-bond donors (Lipinski definition) is 2. The number of aromatic amines is 2. The minimum atomic E-state index is 0.521. The van der Waals surface area contributed by atoms with Gasteiger partial charge in [-0.1, -0.05) is 80.1 Å². The van der Waals surface area contributed by atoms with E-state index in [0.29, 0.717) is 5.92 Å². The molecule has 0 unspecified atom stereocenters. The van der Waals surface area contributed by atoms with E-state index in [9.17, 15) is 0 Å². The summed E-state index contributed by atoms with van der Waals surface area (Å²) in [6, 6.07) is 29.9. The van der Waals surface area contributed by atoms with Gasteiger partial charge in [0.1, 0.15) is 11.6 Å². The molecule has 4 aromatic carbocycles. The first kappa shape index (κ1) is 20.4. The van der Waals surface area contributed by atoms with Crippen LogP contribution in [0.3, 0.4) is 0 Å². The van der Waals surface area contributed by atoms with Crippen LogP contribution in [0, 0.1) is 6.92 Å². The zero-order chi connectivity index (χ0) is 23.2. The first-order valence-corrected chi connectivity index (χ1v) is 11.7. The Kier molecular flexibility index (Phi) is 4.80. The zero-order valence-electron chi connectivity index (χ0n) is 19.6. The Balaban J connectivity index is 1.34. The van der Waals surface area contributed by atoms with Crippen LogP contribution in [-0.4, -0.2) is 19.9 Å². The van der Waals surface area contributed by atoms with Crippen molar-refractivity contribution < 1.29 is 0 Å². The minimum absolute atomic E-state index is 0.521. The van der Waals surface area contributed by atoms with Gasteiger partial charge in [-0.15, -0.1) is 0 Å². The quantitative estimate of drug-likeness (QED) is 0.292.